The number of ether oxygens (including phenoxy) is 1. The molecular weight excluding hydrogens is 330 g/mol. The molecule has 0 atom stereocenters. The lowest BCUT2D eigenvalue weighted by Gasteiger charge is -2.07. The first-order valence-corrected chi connectivity index (χ1v) is 9.12. The van der Waals surface area contributed by atoms with Crippen molar-refractivity contribution in [3.63, 3.8) is 0 Å². The molecule has 1 aromatic carbocycles. The summed E-state index contributed by atoms with van der Waals surface area (Å²) in [6, 6.07) is 7.79. The maximum Gasteiger partial charge on any atom is 0.341 e. The summed E-state index contributed by atoms with van der Waals surface area (Å²) in [5.41, 5.74) is 2.84. The van der Waals surface area contributed by atoms with Crippen LogP contribution in [0, 0.1) is 13.8 Å². The van der Waals surface area contributed by atoms with Gasteiger partial charge in [-0.3, -0.25) is 4.79 Å². The summed E-state index contributed by atoms with van der Waals surface area (Å²) < 4.78 is 4.97. The molecule has 122 valence electrons. The van der Waals surface area contributed by atoms with Gasteiger partial charge in [0.05, 0.1) is 17.9 Å². The van der Waals surface area contributed by atoms with Crippen molar-refractivity contribution in [3.05, 3.63) is 46.3 Å². The largest absolute Gasteiger partial charge is 0.462 e. The first-order valence-electron chi connectivity index (χ1n) is 7.25. The Morgan fingerprint density at radius 1 is 1.22 bits per heavy atom. The second-order valence-electron chi connectivity index (χ2n) is 4.97. The zero-order chi connectivity index (χ0) is 16.8. The van der Waals surface area contributed by atoms with Crippen molar-refractivity contribution in [2.24, 2.45) is 0 Å². The molecule has 2 aromatic rings. The summed E-state index contributed by atoms with van der Waals surface area (Å²) >= 11 is 2.79. The molecule has 0 saturated carbocycles. The fraction of sp³-hybridized carbons (Fsp3) is 0.294. The van der Waals surface area contributed by atoms with Crippen LogP contribution < -0.4 is 5.32 Å². The third kappa shape index (κ3) is 4.84. The number of carbonyl (C=O) groups is 2. The number of hydrogen-bond acceptors (Lipinski definition) is 5. The highest BCUT2D eigenvalue weighted by molar-refractivity contribution is 8.00. The number of thioether (sulfide) groups is 1. The standard InChI is InChI=1S/C17H19NO3S2/c1-4-21-17(20)14-7-8-22-16(14)18-15(19)10-23-13-6-5-11(2)12(3)9-13/h5-9H,4,10H2,1-3H3,(H,18,19). The number of rotatable bonds is 6. The summed E-state index contributed by atoms with van der Waals surface area (Å²) in [5, 5.41) is 5.08. The lowest BCUT2D eigenvalue weighted by Crippen LogP contribution is -2.15. The number of carbonyl (C=O) groups excluding carboxylic acids is 2. The highest BCUT2D eigenvalue weighted by atomic mass is 32.2. The Labute approximate surface area is 144 Å². The number of nitrogens with one attached hydrogen (secondary N) is 1. The Morgan fingerprint density at radius 2 is 2.00 bits per heavy atom. The zero-order valence-corrected chi connectivity index (χ0v) is 15.0. The van der Waals surface area contributed by atoms with Gasteiger partial charge in [-0.05, 0) is 55.5 Å². The first kappa shape index (κ1) is 17.6. The molecule has 0 aliphatic heterocycles. The van der Waals surface area contributed by atoms with Gasteiger partial charge in [-0.25, -0.2) is 4.79 Å². The molecule has 2 rings (SSSR count). The van der Waals surface area contributed by atoms with Crippen molar-refractivity contribution >= 4 is 40.0 Å². The van der Waals surface area contributed by atoms with Gasteiger partial charge < -0.3 is 10.1 Å². The lowest BCUT2D eigenvalue weighted by molar-refractivity contribution is -0.113. The maximum atomic E-state index is 12.1. The number of aryl methyl sites for hydroxylation is 2. The van der Waals surface area contributed by atoms with Crippen molar-refractivity contribution in [1.82, 2.24) is 0 Å². The molecule has 0 spiro atoms. The average molecular weight is 349 g/mol. The molecule has 0 aliphatic rings. The third-order valence-electron chi connectivity index (χ3n) is 3.26. The smallest absolute Gasteiger partial charge is 0.341 e. The van der Waals surface area contributed by atoms with Gasteiger partial charge >= 0.3 is 5.97 Å². The van der Waals surface area contributed by atoms with Gasteiger partial charge in [-0.2, -0.15) is 0 Å². The third-order valence-corrected chi connectivity index (χ3v) is 5.09. The molecule has 6 heteroatoms. The Balaban J connectivity index is 1.94. The molecule has 1 N–H and O–H groups in total. The van der Waals surface area contributed by atoms with E-state index in [2.05, 4.69) is 25.2 Å². The minimum atomic E-state index is -0.411. The highest BCUT2D eigenvalue weighted by Gasteiger charge is 2.16. The summed E-state index contributed by atoms with van der Waals surface area (Å²) in [5.74, 6) is -0.255. The Kier molecular flexibility index (Phi) is 6.24. The van der Waals surface area contributed by atoms with Gasteiger partial charge in [-0.15, -0.1) is 23.1 Å². The molecule has 0 saturated heterocycles. The van der Waals surface area contributed by atoms with Crippen molar-refractivity contribution < 1.29 is 14.3 Å². The van der Waals surface area contributed by atoms with Crippen LogP contribution in [0.3, 0.4) is 0 Å². The van der Waals surface area contributed by atoms with E-state index in [0.29, 0.717) is 22.9 Å². The maximum absolute atomic E-state index is 12.1. The topological polar surface area (TPSA) is 55.4 Å². The number of hydrogen-bond donors (Lipinski definition) is 1. The Bertz CT molecular complexity index is 710. The first-order chi connectivity index (χ1) is 11.0. The monoisotopic (exact) mass is 349 g/mol. The second kappa shape index (κ2) is 8.17. The Morgan fingerprint density at radius 3 is 2.70 bits per heavy atom. The van der Waals surface area contributed by atoms with Gasteiger partial charge in [0.1, 0.15) is 5.00 Å². The van der Waals surface area contributed by atoms with Crippen LogP contribution in [0.1, 0.15) is 28.4 Å². The van der Waals surface area contributed by atoms with Gasteiger partial charge in [0.25, 0.3) is 0 Å². The second-order valence-corrected chi connectivity index (χ2v) is 6.93. The van der Waals surface area contributed by atoms with E-state index in [4.69, 9.17) is 4.74 Å². The molecule has 0 aliphatic carbocycles. The molecule has 0 unspecified atom stereocenters. The van der Waals surface area contributed by atoms with E-state index >= 15 is 0 Å². The zero-order valence-electron chi connectivity index (χ0n) is 13.3. The normalized spacial score (nSPS) is 10.4. The minimum absolute atomic E-state index is 0.138. The number of thiophene rings is 1. The lowest BCUT2D eigenvalue weighted by atomic mass is 10.1. The predicted octanol–water partition coefficient (Wildman–Crippen LogP) is 4.27. The predicted molar refractivity (Wildman–Crippen MR) is 95.5 cm³/mol. The summed E-state index contributed by atoms with van der Waals surface area (Å²) in [7, 11) is 0. The van der Waals surface area contributed by atoms with Crippen molar-refractivity contribution in [2.75, 3.05) is 17.7 Å². The molecule has 23 heavy (non-hydrogen) atoms. The van der Waals surface area contributed by atoms with Gasteiger partial charge in [0.15, 0.2) is 0 Å². The van der Waals surface area contributed by atoms with E-state index < -0.39 is 5.97 Å². The quantitative estimate of drug-likeness (QED) is 0.625. The van der Waals surface area contributed by atoms with Crippen LogP contribution in [0.25, 0.3) is 0 Å². The van der Waals surface area contributed by atoms with Crippen molar-refractivity contribution in [1.29, 1.82) is 0 Å². The van der Waals surface area contributed by atoms with E-state index in [9.17, 15) is 9.59 Å². The van der Waals surface area contributed by atoms with Gasteiger partial charge in [0.2, 0.25) is 5.91 Å². The molecule has 0 fully saturated rings. The van der Waals surface area contributed by atoms with Crippen molar-refractivity contribution in [3.8, 4) is 0 Å². The van der Waals surface area contributed by atoms with E-state index in [-0.39, 0.29) is 5.91 Å². The van der Waals surface area contributed by atoms with Crippen LogP contribution in [-0.4, -0.2) is 24.2 Å². The van der Waals surface area contributed by atoms with Crippen LogP contribution >= 0.6 is 23.1 Å². The van der Waals surface area contributed by atoms with Crippen LogP contribution in [0.2, 0.25) is 0 Å². The summed E-state index contributed by atoms with van der Waals surface area (Å²) in [6.07, 6.45) is 0. The molecule has 1 aromatic heterocycles. The minimum Gasteiger partial charge on any atom is -0.462 e. The highest BCUT2D eigenvalue weighted by Crippen LogP contribution is 2.25. The summed E-state index contributed by atoms with van der Waals surface area (Å²) in [6.45, 7) is 6.17. The van der Waals surface area contributed by atoms with Gasteiger partial charge in [0, 0.05) is 4.90 Å². The summed E-state index contributed by atoms with van der Waals surface area (Å²) in [4.78, 5) is 24.9. The number of esters is 1. The van der Waals surface area contributed by atoms with E-state index in [1.165, 1.54) is 34.2 Å². The van der Waals surface area contributed by atoms with Crippen molar-refractivity contribution in [2.45, 2.75) is 25.7 Å². The van der Waals surface area contributed by atoms with E-state index in [1.807, 2.05) is 12.1 Å². The van der Waals surface area contributed by atoms with Crippen LogP contribution in [-0.2, 0) is 9.53 Å². The van der Waals surface area contributed by atoms with Crippen LogP contribution in [0.15, 0.2) is 34.5 Å². The molecule has 0 radical (unpaired) electrons. The molecule has 0 bridgehead atoms. The number of anilines is 1. The fourth-order valence-corrected chi connectivity index (χ4v) is 3.48. The van der Waals surface area contributed by atoms with E-state index in [1.54, 1.807) is 18.4 Å². The van der Waals surface area contributed by atoms with Crippen LogP contribution in [0.5, 0.6) is 0 Å². The van der Waals surface area contributed by atoms with E-state index in [0.717, 1.165) is 4.90 Å². The molecule has 4 nitrogen and oxygen atoms in total. The molecule has 1 heterocycles. The van der Waals surface area contributed by atoms with Gasteiger partial charge in [-0.1, -0.05) is 6.07 Å². The molecule has 1 amide bonds. The SMILES string of the molecule is CCOC(=O)c1ccsc1NC(=O)CSc1ccc(C)c(C)c1. The molecular formula is C17H19NO3S2. The fourth-order valence-electron chi connectivity index (χ4n) is 1.89. The average Bonchev–Trinajstić information content (AvgIpc) is 2.97. The number of benzene rings is 1. The number of amides is 1. The Hall–Kier alpha value is -1.79. The van der Waals surface area contributed by atoms with Crippen LogP contribution in [0.4, 0.5) is 5.00 Å².